The van der Waals surface area contributed by atoms with E-state index in [0.717, 1.165) is 5.57 Å². The molecule has 0 aromatic carbocycles. The predicted molar refractivity (Wildman–Crippen MR) is 117 cm³/mol. The second-order valence-corrected chi connectivity index (χ2v) is 8.77. The van der Waals surface area contributed by atoms with Crippen LogP contribution in [0.25, 0.3) is 0 Å². The first-order chi connectivity index (χ1) is 11.6. The van der Waals surface area contributed by atoms with Crippen LogP contribution in [0.5, 0.6) is 0 Å². The topological polar surface area (TPSA) is 69.2 Å². The van der Waals surface area contributed by atoms with E-state index in [1.807, 2.05) is 45.9 Å². The molecule has 0 aliphatic carbocycles. The Morgan fingerprint density at radius 2 is 0.857 bits per heavy atom. The summed E-state index contributed by atoms with van der Waals surface area (Å²) in [5.41, 5.74) is 0.102. The van der Waals surface area contributed by atoms with Crippen molar-refractivity contribution in [1.82, 2.24) is 0 Å². The Balaban J connectivity index is -0.0000000537. The summed E-state index contributed by atoms with van der Waals surface area (Å²) in [6.07, 6.45) is 7.40. The Bertz CT molecular complexity index is 333. The fourth-order valence-corrected chi connectivity index (χ4v) is 0.214. The van der Waals surface area contributed by atoms with Gasteiger partial charge < -0.3 is 15.3 Å². The maximum atomic E-state index is 10.1. The van der Waals surface area contributed by atoms with E-state index in [9.17, 15) is 15.3 Å². The van der Waals surface area contributed by atoms with Crippen molar-refractivity contribution in [3.63, 3.8) is 0 Å². The number of allylic oxidation sites excluding steroid dienone is 6. The summed E-state index contributed by atoms with van der Waals surface area (Å²) in [5, 5.41) is 30.3. The van der Waals surface area contributed by atoms with Crippen LogP contribution in [0.4, 0.5) is 0 Å². The summed E-state index contributed by atoms with van der Waals surface area (Å²) >= 11 is 0. The molecule has 0 rings (SSSR count). The first kappa shape index (κ1) is 41.8. The van der Waals surface area contributed by atoms with Gasteiger partial charge in [-0.25, -0.2) is 11.6 Å². The van der Waals surface area contributed by atoms with Gasteiger partial charge >= 0.3 is 21.7 Å². The Labute approximate surface area is 192 Å². The van der Waals surface area contributed by atoms with E-state index >= 15 is 0 Å². The van der Waals surface area contributed by atoms with E-state index in [1.165, 1.54) is 5.57 Å². The van der Waals surface area contributed by atoms with Crippen molar-refractivity contribution in [1.29, 1.82) is 0 Å². The van der Waals surface area contributed by atoms with Crippen molar-refractivity contribution in [3.8, 4) is 0 Å². The molecule has 0 fully saturated rings. The van der Waals surface area contributed by atoms with Crippen LogP contribution in [0.15, 0.2) is 42.0 Å². The summed E-state index contributed by atoms with van der Waals surface area (Å²) < 4.78 is 0. The van der Waals surface area contributed by atoms with E-state index in [-0.39, 0.29) is 21.7 Å². The molecule has 164 valence electrons. The van der Waals surface area contributed by atoms with Crippen molar-refractivity contribution in [2.45, 2.75) is 107 Å². The standard InChI is InChI=1S/C6H10.C6H9.3C4H9O.Ti/c2*1-4-6(3)5-2;3*1-4(2,3)5;/h4-5H,1H2,2-3H3;1,4-5H,2-3H3;3*1-3H3;/q;4*-1;+4. The number of hydrogen-bond donors (Lipinski definition) is 0. The van der Waals surface area contributed by atoms with Gasteiger partial charge in [-0.05, 0) is 13.8 Å². The van der Waals surface area contributed by atoms with Crippen LogP contribution in [0.3, 0.4) is 0 Å². The van der Waals surface area contributed by atoms with Crippen molar-refractivity contribution >= 4 is 0 Å². The summed E-state index contributed by atoms with van der Waals surface area (Å²) in [6.45, 7) is 31.3. The van der Waals surface area contributed by atoms with Crippen LogP contribution in [-0.2, 0) is 21.7 Å². The smallest absolute Gasteiger partial charge is 0.850 e. The fraction of sp³-hybridized carbons (Fsp3) is 0.667. The maximum Gasteiger partial charge on any atom is 4.00 e. The molecule has 0 atom stereocenters. The molecule has 28 heavy (non-hydrogen) atoms. The molecule has 0 unspecified atom stereocenters. The van der Waals surface area contributed by atoms with Crippen LogP contribution in [-0.4, -0.2) is 16.8 Å². The first-order valence-electron chi connectivity index (χ1n) is 9.16. The molecule has 0 aliphatic rings. The third-order valence-electron chi connectivity index (χ3n) is 1.50. The molecule has 0 aromatic heterocycles. The summed E-state index contributed by atoms with van der Waals surface area (Å²) in [7, 11) is 0. The number of hydrogen-bond acceptors (Lipinski definition) is 3. The van der Waals surface area contributed by atoms with Gasteiger partial charge in [0.15, 0.2) is 0 Å². The molecule has 0 aliphatic heterocycles. The monoisotopic (exact) mass is 430 g/mol. The van der Waals surface area contributed by atoms with Crippen molar-refractivity contribution < 1.29 is 37.0 Å². The Kier molecular flexibility index (Phi) is 34.1. The molecule has 4 heteroatoms. The van der Waals surface area contributed by atoms with E-state index in [1.54, 1.807) is 68.4 Å². The van der Waals surface area contributed by atoms with Gasteiger partial charge in [-0.3, -0.25) is 6.58 Å². The van der Waals surface area contributed by atoms with Gasteiger partial charge in [-0.15, -0.1) is 23.7 Å². The minimum atomic E-state index is -0.750. The Morgan fingerprint density at radius 3 is 0.857 bits per heavy atom. The van der Waals surface area contributed by atoms with Gasteiger partial charge in [0.25, 0.3) is 0 Å². The van der Waals surface area contributed by atoms with Crippen LogP contribution < -0.4 is 15.3 Å². The largest absolute Gasteiger partial charge is 4.00 e. The zero-order valence-corrected chi connectivity index (χ0v) is 22.4. The van der Waals surface area contributed by atoms with Gasteiger partial charge in [0, 0.05) is 0 Å². The van der Waals surface area contributed by atoms with E-state index in [0.29, 0.717) is 0 Å². The number of rotatable bonds is 2. The SMILES string of the molecule is C=CC(C)=CC.CC(C)(C)[O-].CC(C)(C)[O-].CC(C)(C)[O-].[CH-]=CC(C)=CC.[Ti+4]. The Morgan fingerprint density at radius 1 is 0.679 bits per heavy atom. The van der Waals surface area contributed by atoms with Crippen LogP contribution >= 0.6 is 0 Å². The van der Waals surface area contributed by atoms with Crippen molar-refractivity contribution in [2.24, 2.45) is 0 Å². The molecule has 0 amide bonds. The van der Waals surface area contributed by atoms with E-state index < -0.39 is 16.8 Å². The molecule has 0 spiro atoms. The molecular formula is C24H46O3Ti. The van der Waals surface area contributed by atoms with Crippen LogP contribution in [0.1, 0.15) is 90.0 Å². The minimum absolute atomic E-state index is 0. The van der Waals surface area contributed by atoms with Crippen LogP contribution in [0, 0.1) is 6.58 Å². The van der Waals surface area contributed by atoms with E-state index in [4.69, 9.17) is 6.58 Å². The maximum absolute atomic E-state index is 10.1. The Hall–Kier alpha value is -0.446. The van der Waals surface area contributed by atoms with Gasteiger partial charge in [0.2, 0.25) is 0 Å². The fourth-order valence-electron chi connectivity index (χ4n) is 0.214. The van der Waals surface area contributed by atoms with Gasteiger partial charge in [0.1, 0.15) is 0 Å². The van der Waals surface area contributed by atoms with Gasteiger partial charge in [-0.1, -0.05) is 93.5 Å². The average molecular weight is 430 g/mol. The molecular weight excluding hydrogens is 384 g/mol. The molecule has 0 saturated carbocycles. The predicted octanol–water partition coefficient (Wildman–Crippen LogP) is 4.51. The normalized spacial score (nSPS) is 11.3. The second-order valence-electron chi connectivity index (χ2n) is 8.77. The summed E-state index contributed by atoms with van der Waals surface area (Å²) in [4.78, 5) is 0. The average Bonchev–Trinajstić information content (AvgIpc) is 2.40. The van der Waals surface area contributed by atoms with E-state index in [2.05, 4.69) is 6.58 Å². The first-order valence-corrected chi connectivity index (χ1v) is 9.16. The zero-order valence-electron chi connectivity index (χ0n) is 20.8. The van der Waals surface area contributed by atoms with Crippen LogP contribution in [0.2, 0.25) is 0 Å². The molecule has 0 bridgehead atoms. The molecule has 0 heterocycles. The second kappa shape index (κ2) is 22.8. The van der Waals surface area contributed by atoms with Gasteiger partial charge in [-0.2, -0.15) is 6.08 Å². The third kappa shape index (κ3) is 270. The minimum Gasteiger partial charge on any atom is -0.850 e. The summed E-state index contributed by atoms with van der Waals surface area (Å²) in [6, 6.07) is 0. The summed E-state index contributed by atoms with van der Waals surface area (Å²) in [5.74, 6) is 0. The quantitative estimate of drug-likeness (QED) is 0.368. The molecule has 0 aromatic rings. The van der Waals surface area contributed by atoms with Crippen molar-refractivity contribution in [2.75, 3.05) is 0 Å². The third-order valence-corrected chi connectivity index (χ3v) is 1.50. The molecule has 0 N–H and O–H groups in total. The zero-order chi connectivity index (χ0) is 23.5. The molecule has 3 nitrogen and oxygen atoms in total. The van der Waals surface area contributed by atoms with Gasteiger partial charge in [0.05, 0.1) is 0 Å². The molecule has 0 saturated heterocycles. The van der Waals surface area contributed by atoms with Crippen molar-refractivity contribution in [3.05, 3.63) is 48.6 Å². The molecule has 0 radical (unpaired) electrons.